The zero-order valence-electron chi connectivity index (χ0n) is 12.8. The molecule has 2 aromatic carbocycles. The second kappa shape index (κ2) is 5.49. The number of halogens is 1. The number of aromatic amines is 1. The Kier molecular flexibility index (Phi) is 3.43. The molecular formula is C19H15ClN2O2. The highest BCUT2D eigenvalue weighted by Crippen LogP contribution is 2.45. The number of aromatic nitrogens is 1. The lowest BCUT2D eigenvalue weighted by molar-refractivity contribution is 0.0925. The summed E-state index contributed by atoms with van der Waals surface area (Å²) in [4.78, 5) is 27.4. The number of hydrogen-bond acceptors (Lipinski definition) is 2. The van der Waals surface area contributed by atoms with Crippen LogP contribution in [0.1, 0.15) is 28.9 Å². The van der Waals surface area contributed by atoms with Crippen molar-refractivity contribution in [2.24, 2.45) is 0 Å². The average molecular weight is 339 g/mol. The number of rotatable bonds is 3. The number of carbonyl (C=O) groups excluding carboxylic acids is 1. The highest BCUT2D eigenvalue weighted by Gasteiger charge is 2.45. The maximum absolute atomic E-state index is 12.6. The van der Waals surface area contributed by atoms with E-state index in [1.165, 1.54) is 0 Å². The molecular weight excluding hydrogens is 324 g/mol. The molecule has 1 amide bonds. The fourth-order valence-electron chi connectivity index (χ4n) is 3.00. The molecule has 1 aliphatic rings. The topological polar surface area (TPSA) is 62.0 Å². The van der Waals surface area contributed by atoms with Gasteiger partial charge in [-0.2, -0.15) is 0 Å². The van der Waals surface area contributed by atoms with Gasteiger partial charge in [-0.3, -0.25) is 9.59 Å². The van der Waals surface area contributed by atoms with E-state index in [1.807, 2.05) is 36.4 Å². The van der Waals surface area contributed by atoms with Crippen LogP contribution in [0.3, 0.4) is 0 Å². The fraction of sp³-hybridized carbons (Fsp3) is 0.158. The minimum absolute atomic E-state index is 0.255. The molecule has 0 bridgehead atoms. The summed E-state index contributed by atoms with van der Waals surface area (Å²) in [6.45, 7) is 0. The number of H-pyrrole nitrogens is 1. The Bertz CT molecular complexity index is 988. The number of amides is 1. The van der Waals surface area contributed by atoms with Crippen LogP contribution in [0.2, 0.25) is 5.02 Å². The number of carbonyl (C=O) groups is 1. The Morgan fingerprint density at radius 1 is 1.08 bits per heavy atom. The van der Waals surface area contributed by atoms with Gasteiger partial charge in [0.1, 0.15) is 5.69 Å². The summed E-state index contributed by atoms with van der Waals surface area (Å²) in [5.74, 6) is -0.273. The number of benzene rings is 2. The molecule has 3 aromatic rings. The van der Waals surface area contributed by atoms with Gasteiger partial charge in [0.25, 0.3) is 11.5 Å². The first kappa shape index (κ1) is 15.0. The minimum atomic E-state index is -0.357. The summed E-state index contributed by atoms with van der Waals surface area (Å²) in [5.41, 5.74) is 0.696. The van der Waals surface area contributed by atoms with Crippen LogP contribution < -0.4 is 10.9 Å². The SMILES string of the molecule is O=C(NC1(c2ccc(Cl)cc2)CC1)c1cc2ccccc2c(=O)[nH]1. The van der Waals surface area contributed by atoms with Crippen molar-refractivity contribution in [3.05, 3.63) is 81.2 Å². The third-order valence-electron chi connectivity index (χ3n) is 4.50. The van der Waals surface area contributed by atoms with E-state index in [9.17, 15) is 9.59 Å². The summed E-state index contributed by atoms with van der Waals surface area (Å²) in [7, 11) is 0. The standard InChI is InChI=1S/C19H15ClN2O2/c20-14-7-5-13(6-8-14)19(9-10-19)22-18(24)16-11-12-3-1-2-4-15(12)17(23)21-16/h1-8,11H,9-10H2,(H,21,23)(H,22,24). The molecule has 120 valence electrons. The lowest BCUT2D eigenvalue weighted by Crippen LogP contribution is -2.36. The highest BCUT2D eigenvalue weighted by atomic mass is 35.5. The zero-order chi connectivity index (χ0) is 16.7. The molecule has 0 atom stereocenters. The van der Waals surface area contributed by atoms with E-state index in [2.05, 4.69) is 10.3 Å². The molecule has 0 aliphatic heterocycles. The third-order valence-corrected chi connectivity index (χ3v) is 4.75. The fourth-order valence-corrected chi connectivity index (χ4v) is 3.12. The lowest BCUT2D eigenvalue weighted by Gasteiger charge is -2.18. The van der Waals surface area contributed by atoms with Gasteiger partial charge in [0.15, 0.2) is 0 Å². The largest absolute Gasteiger partial charge is 0.341 e. The van der Waals surface area contributed by atoms with Gasteiger partial charge in [0.2, 0.25) is 0 Å². The van der Waals surface area contributed by atoms with Gasteiger partial charge in [0, 0.05) is 10.4 Å². The van der Waals surface area contributed by atoms with Crippen LogP contribution in [0.15, 0.2) is 59.4 Å². The number of pyridine rings is 1. The molecule has 1 heterocycles. The summed E-state index contributed by atoms with van der Waals surface area (Å²) >= 11 is 5.93. The van der Waals surface area contributed by atoms with Crippen LogP contribution in [-0.2, 0) is 5.54 Å². The lowest BCUT2D eigenvalue weighted by atomic mass is 10.0. The average Bonchev–Trinajstić information content (AvgIpc) is 3.36. The number of fused-ring (bicyclic) bond motifs is 1. The van der Waals surface area contributed by atoms with Crippen molar-refractivity contribution in [3.63, 3.8) is 0 Å². The van der Waals surface area contributed by atoms with E-state index in [0.29, 0.717) is 10.4 Å². The Morgan fingerprint density at radius 2 is 1.79 bits per heavy atom. The number of nitrogens with one attached hydrogen (secondary N) is 2. The quantitative estimate of drug-likeness (QED) is 0.766. The van der Waals surface area contributed by atoms with Crippen LogP contribution in [0.4, 0.5) is 0 Å². The molecule has 24 heavy (non-hydrogen) atoms. The van der Waals surface area contributed by atoms with Gasteiger partial charge >= 0.3 is 0 Å². The molecule has 0 unspecified atom stereocenters. The van der Waals surface area contributed by atoms with Crippen LogP contribution >= 0.6 is 11.6 Å². The molecule has 0 spiro atoms. The van der Waals surface area contributed by atoms with Gasteiger partial charge in [-0.25, -0.2) is 0 Å². The van der Waals surface area contributed by atoms with E-state index in [0.717, 1.165) is 23.8 Å². The first-order valence-electron chi connectivity index (χ1n) is 7.78. The smallest absolute Gasteiger partial charge is 0.268 e. The highest BCUT2D eigenvalue weighted by molar-refractivity contribution is 6.30. The van der Waals surface area contributed by atoms with Crippen molar-refractivity contribution in [1.82, 2.24) is 10.3 Å². The maximum Gasteiger partial charge on any atom is 0.268 e. The van der Waals surface area contributed by atoms with E-state index in [1.54, 1.807) is 18.2 Å². The van der Waals surface area contributed by atoms with E-state index in [-0.39, 0.29) is 22.7 Å². The molecule has 1 aliphatic carbocycles. The predicted octanol–water partition coefficient (Wildman–Crippen LogP) is 3.60. The Morgan fingerprint density at radius 3 is 2.50 bits per heavy atom. The molecule has 2 N–H and O–H groups in total. The van der Waals surface area contributed by atoms with E-state index in [4.69, 9.17) is 11.6 Å². The normalized spacial score (nSPS) is 15.2. The van der Waals surface area contributed by atoms with Crippen molar-refractivity contribution in [3.8, 4) is 0 Å². The second-order valence-corrected chi connectivity index (χ2v) is 6.58. The first-order valence-corrected chi connectivity index (χ1v) is 8.16. The summed E-state index contributed by atoms with van der Waals surface area (Å²) in [5, 5.41) is 5.05. The molecule has 0 saturated heterocycles. The van der Waals surface area contributed by atoms with Crippen LogP contribution in [0, 0.1) is 0 Å². The van der Waals surface area contributed by atoms with E-state index >= 15 is 0 Å². The second-order valence-electron chi connectivity index (χ2n) is 6.14. The summed E-state index contributed by atoms with van der Waals surface area (Å²) in [6.07, 6.45) is 1.75. The minimum Gasteiger partial charge on any atom is -0.341 e. The maximum atomic E-state index is 12.6. The Balaban J connectivity index is 1.65. The van der Waals surface area contributed by atoms with Gasteiger partial charge in [-0.05, 0) is 48.1 Å². The monoisotopic (exact) mass is 338 g/mol. The summed E-state index contributed by atoms with van der Waals surface area (Å²) in [6, 6.07) is 16.4. The van der Waals surface area contributed by atoms with Crippen LogP contribution in [0.25, 0.3) is 10.8 Å². The van der Waals surface area contributed by atoms with Crippen LogP contribution in [0.5, 0.6) is 0 Å². The molecule has 1 saturated carbocycles. The van der Waals surface area contributed by atoms with Gasteiger partial charge < -0.3 is 10.3 Å². The van der Waals surface area contributed by atoms with Gasteiger partial charge in [-0.15, -0.1) is 0 Å². The van der Waals surface area contributed by atoms with Crippen molar-refractivity contribution in [1.29, 1.82) is 0 Å². The third kappa shape index (κ3) is 2.59. The van der Waals surface area contributed by atoms with Gasteiger partial charge in [-0.1, -0.05) is 41.9 Å². The molecule has 4 nitrogen and oxygen atoms in total. The summed E-state index contributed by atoms with van der Waals surface area (Å²) < 4.78 is 0. The van der Waals surface area contributed by atoms with Crippen molar-refractivity contribution in [2.45, 2.75) is 18.4 Å². The van der Waals surface area contributed by atoms with Crippen molar-refractivity contribution >= 4 is 28.3 Å². The Hall–Kier alpha value is -2.59. The molecule has 5 heteroatoms. The predicted molar refractivity (Wildman–Crippen MR) is 94.4 cm³/mol. The molecule has 4 rings (SSSR count). The van der Waals surface area contributed by atoms with Crippen molar-refractivity contribution in [2.75, 3.05) is 0 Å². The zero-order valence-corrected chi connectivity index (χ0v) is 13.6. The molecule has 0 radical (unpaired) electrons. The molecule has 1 aromatic heterocycles. The molecule has 1 fully saturated rings. The van der Waals surface area contributed by atoms with Crippen LogP contribution in [-0.4, -0.2) is 10.9 Å². The van der Waals surface area contributed by atoms with Gasteiger partial charge in [0.05, 0.1) is 5.54 Å². The van der Waals surface area contributed by atoms with Crippen molar-refractivity contribution < 1.29 is 4.79 Å². The van der Waals surface area contributed by atoms with E-state index < -0.39 is 0 Å². The Labute approximate surface area is 143 Å². The number of hydrogen-bond donors (Lipinski definition) is 2. The first-order chi connectivity index (χ1) is 11.6.